The van der Waals surface area contributed by atoms with Gasteiger partial charge in [0.05, 0.1) is 0 Å². The van der Waals surface area contributed by atoms with Crippen LogP contribution in [0.5, 0.6) is 0 Å². The first kappa shape index (κ1) is 11.5. The van der Waals surface area contributed by atoms with E-state index >= 15 is 0 Å². The highest BCUT2D eigenvalue weighted by molar-refractivity contribution is 5.17. The summed E-state index contributed by atoms with van der Waals surface area (Å²) >= 11 is 0. The summed E-state index contributed by atoms with van der Waals surface area (Å²) in [5.41, 5.74) is 1.26. The molecule has 0 saturated heterocycles. The fourth-order valence-corrected chi connectivity index (χ4v) is 0.850. The average Bonchev–Trinajstić information content (AvgIpc) is 2.11. The Labute approximate surface area is 77.4 Å². The molecule has 0 heterocycles. The largest absolute Gasteiger partial charge is 0.0956 e. The third-order valence-corrected chi connectivity index (χ3v) is 2.53. The molecule has 0 rings (SSSR count). The molecule has 0 spiro atoms. The molecule has 0 N–H and O–H groups in total. The lowest BCUT2D eigenvalue weighted by molar-refractivity contribution is 0.664. The van der Waals surface area contributed by atoms with Gasteiger partial charge in [-0.15, -0.1) is 0 Å². The maximum atomic E-state index is 4.04. The Hall–Kier alpha value is -0.520. The van der Waals surface area contributed by atoms with Gasteiger partial charge in [0.25, 0.3) is 0 Å². The Bertz CT molecular complexity index is 153. The Morgan fingerprint density at radius 2 is 1.83 bits per heavy atom. The highest BCUT2D eigenvalue weighted by atomic mass is 14.1. The smallest absolute Gasteiger partial charge is 0.0199 e. The second kappa shape index (κ2) is 6.05. The first-order valence-corrected chi connectivity index (χ1v) is 4.98. The zero-order chi connectivity index (χ0) is 9.56. The summed E-state index contributed by atoms with van der Waals surface area (Å²) < 4.78 is 0. The van der Waals surface area contributed by atoms with Crippen LogP contribution in [-0.2, 0) is 0 Å². The Morgan fingerprint density at radius 3 is 2.25 bits per heavy atom. The van der Waals surface area contributed by atoms with E-state index in [2.05, 4.69) is 46.4 Å². The Kier molecular flexibility index (Phi) is 5.79. The predicted molar refractivity (Wildman–Crippen MR) is 57.2 cm³/mol. The molecule has 12 heavy (non-hydrogen) atoms. The molecule has 2 atom stereocenters. The van der Waals surface area contributed by atoms with E-state index in [0.717, 1.165) is 0 Å². The van der Waals surface area contributed by atoms with Crippen molar-refractivity contribution in [3.05, 3.63) is 24.3 Å². The highest BCUT2D eigenvalue weighted by Gasteiger charge is 2.00. The third kappa shape index (κ3) is 4.38. The number of hydrogen-bond donors (Lipinski definition) is 0. The molecule has 70 valence electrons. The van der Waals surface area contributed by atoms with Crippen LogP contribution in [0.25, 0.3) is 0 Å². The summed E-state index contributed by atoms with van der Waals surface area (Å²) in [6.45, 7) is 12.9. The van der Waals surface area contributed by atoms with Crippen molar-refractivity contribution in [3.63, 3.8) is 0 Å². The van der Waals surface area contributed by atoms with Gasteiger partial charge in [0.15, 0.2) is 0 Å². The summed E-state index contributed by atoms with van der Waals surface area (Å²) in [6, 6.07) is 0. The molecular formula is C12H22. The summed E-state index contributed by atoms with van der Waals surface area (Å²) in [4.78, 5) is 0. The lowest BCUT2D eigenvalue weighted by Crippen LogP contribution is -1.94. The van der Waals surface area contributed by atoms with Gasteiger partial charge in [-0.05, 0) is 18.3 Å². The molecule has 0 bridgehead atoms. The number of hydrogen-bond acceptors (Lipinski definition) is 0. The zero-order valence-corrected chi connectivity index (χ0v) is 8.93. The van der Waals surface area contributed by atoms with Crippen molar-refractivity contribution in [1.29, 1.82) is 0 Å². The van der Waals surface area contributed by atoms with Crippen LogP contribution in [0.15, 0.2) is 24.3 Å². The van der Waals surface area contributed by atoms with Gasteiger partial charge < -0.3 is 0 Å². The number of allylic oxidation sites excluding steroid dienone is 3. The molecule has 0 aliphatic heterocycles. The minimum atomic E-state index is 0.630. The molecule has 0 aromatic carbocycles. The van der Waals surface area contributed by atoms with Gasteiger partial charge in [-0.2, -0.15) is 0 Å². The molecular weight excluding hydrogens is 144 g/mol. The first-order valence-electron chi connectivity index (χ1n) is 4.98. The lowest BCUT2D eigenvalue weighted by atomic mass is 9.98. The van der Waals surface area contributed by atoms with Crippen molar-refractivity contribution in [1.82, 2.24) is 0 Å². The molecule has 0 nitrogen and oxygen atoms in total. The van der Waals surface area contributed by atoms with Crippen LogP contribution >= 0.6 is 0 Å². The van der Waals surface area contributed by atoms with Crippen molar-refractivity contribution in [2.75, 3.05) is 0 Å². The van der Waals surface area contributed by atoms with Gasteiger partial charge in [-0.3, -0.25) is 0 Å². The van der Waals surface area contributed by atoms with Crippen molar-refractivity contribution < 1.29 is 0 Å². The summed E-state index contributed by atoms with van der Waals surface area (Å²) in [5, 5.41) is 0. The summed E-state index contributed by atoms with van der Waals surface area (Å²) in [5.74, 6) is 1.32. The average molecular weight is 166 g/mol. The van der Waals surface area contributed by atoms with Gasteiger partial charge in [0, 0.05) is 0 Å². The second-order valence-electron chi connectivity index (χ2n) is 3.63. The van der Waals surface area contributed by atoms with E-state index in [1.165, 1.54) is 18.4 Å². The van der Waals surface area contributed by atoms with Crippen molar-refractivity contribution in [2.45, 2.75) is 40.5 Å². The predicted octanol–water partition coefficient (Wildman–Crippen LogP) is 4.19. The third-order valence-electron chi connectivity index (χ3n) is 2.53. The topological polar surface area (TPSA) is 0 Å². The van der Waals surface area contributed by atoms with Crippen LogP contribution in [-0.4, -0.2) is 0 Å². The maximum Gasteiger partial charge on any atom is -0.0199 e. The van der Waals surface area contributed by atoms with E-state index < -0.39 is 0 Å². The fraction of sp³-hybridized carbons (Fsp3) is 0.667. The van der Waals surface area contributed by atoms with E-state index in [0.29, 0.717) is 11.8 Å². The Morgan fingerprint density at radius 1 is 1.25 bits per heavy atom. The normalized spacial score (nSPS) is 16.3. The lowest BCUT2D eigenvalue weighted by Gasteiger charge is -2.08. The maximum absolute atomic E-state index is 4.04. The van der Waals surface area contributed by atoms with E-state index in [1.807, 2.05) is 0 Å². The van der Waals surface area contributed by atoms with Crippen molar-refractivity contribution in [3.8, 4) is 0 Å². The molecule has 0 aromatic heterocycles. The van der Waals surface area contributed by atoms with Gasteiger partial charge in [-0.25, -0.2) is 0 Å². The van der Waals surface area contributed by atoms with Crippen LogP contribution in [0.4, 0.5) is 0 Å². The zero-order valence-electron chi connectivity index (χ0n) is 8.93. The number of rotatable bonds is 5. The fourth-order valence-electron chi connectivity index (χ4n) is 0.850. The van der Waals surface area contributed by atoms with Gasteiger partial charge in [0.1, 0.15) is 0 Å². The molecule has 0 saturated carbocycles. The van der Waals surface area contributed by atoms with Crippen LogP contribution in [0.3, 0.4) is 0 Å². The monoisotopic (exact) mass is 166 g/mol. The standard InChI is InChI=1S/C12H22/c1-6-10(3)8-9-12(5)11(4)7-2/h8-11H,5-7H2,1-4H3/b9-8+. The summed E-state index contributed by atoms with van der Waals surface area (Å²) in [6.07, 6.45) is 6.84. The molecule has 2 unspecified atom stereocenters. The Balaban J connectivity index is 3.90. The molecule has 0 heteroatoms. The van der Waals surface area contributed by atoms with Crippen LogP contribution in [0.1, 0.15) is 40.5 Å². The molecule has 0 amide bonds. The van der Waals surface area contributed by atoms with Gasteiger partial charge in [0.2, 0.25) is 0 Å². The van der Waals surface area contributed by atoms with Crippen LogP contribution < -0.4 is 0 Å². The van der Waals surface area contributed by atoms with E-state index in [-0.39, 0.29) is 0 Å². The molecule has 0 fully saturated rings. The second-order valence-corrected chi connectivity index (χ2v) is 3.63. The van der Waals surface area contributed by atoms with Gasteiger partial charge >= 0.3 is 0 Å². The van der Waals surface area contributed by atoms with Crippen LogP contribution in [0, 0.1) is 11.8 Å². The molecule has 0 aliphatic carbocycles. The minimum Gasteiger partial charge on any atom is -0.0956 e. The molecule has 0 radical (unpaired) electrons. The van der Waals surface area contributed by atoms with Crippen molar-refractivity contribution in [2.24, 2.45) is 11.8 Å². The highest BCUT2D eigenvalue weighted by Crippen LogP contribution is 2.14. The quantitative estimate of drug-likeness (QED) is 0.537. The van der Waals surface area contributed by atoms with Crippen LogP contribution in [0.2, 0.25) is 0 Å². The molecule has 0 aromatic rings. The molecule has 0 aliphatic rings. The van der Waals surface area contributed by atoms with E-state index in [1.54, 1.807) is 0 Å². The van der Waals surface area contributed by atoms with E-state index in [4.69, 9.17) is 0 Å². The first-order chi connectivity index (χ1) is 5.61. The summed E-state index contributed by atoms with van der Waals surface area (Å²) in [7, 11) is 0. The minimum absolute atomic E-state index is 0.630. The SMILES string of the molecule is C=C(/C=C/C(C)CC)C(C)CC. The van der Waals surface area contributed by atoms with Crippen molar-refractivity contribution >= 4 is 0 Å². The van der Waals surface area contributed by atoms with E-state index in [9.17, 15) is 0 Å². The van der Waals surface area contributed by atoms with Gasteiger partial charge in [-0.1, -0.05) is 58.4 Å².